The molecule has 0 aliphatic heterocycles. The largest absolute Gasteiger partial charge is 0.431 e. The monoisotopic (exact) mass is 210 g/mol. The Labute approximate surface area is 82.9 Å². The van der Waals surface area contributed by atoms with Crippen molar-refractivity contribution in [1.29, 1.82) is 5.26 Å². The minimum atomic E-state index is -4.38. The molecule has 76 valence electrons. The highest BCUT2D eigenvalue weighted by Gasteiger charge is 2.32. The molecule has 0 aliphatic rings. The fourth-order valence-electron chi connectivity index (χ4n) is 1.35. The van der Waals surface area contributed by atoms with Crippen LogP contribution in [-0.2, 0) is 6.18 Å². The molecule has 2 nitrogen and oxygen atoms in total. The van der Waals surface area contributed by atoms with Gasteiger partial charge in [-0.3, -0.25) is 0 Å². The number of nitrogens with one attached hydrogen (secondary N) is 1. The predicted molar refractivity (Wildman–Crippen MR) is 48.0 cm³/mol. The number of nitrogens with zero attached hydrogens (tertiary/aromatic N) is 1. The number of alkyl halides is 3. The van der Waals surface area contributed by atoms with Crippen LogP contribution in [0, 0.1) is 11.3 Å². The van der Waals surface area contributed by atoms with Gasteiger partial charge in [0.25, 0.3) is 0 Å². The average molecular weight is 210 g/mol. The topological polar surface area (TPSA) is 39.6 Å². The molecule has 1 aromatic heterocycles. The van der Waals surface area contributed by atoms with Gasteiger partial charge in [-0.2, -0.15) is 18.4 Å². The Balaban J connectivity index is 2.62. The Morgan fingerprint density at radius 1 is 1.20 bits per heavy atom. The minimum Gasteiger partial charge on any atom is -0.351 e. The first-order valence-corrected chi connectivity index (χ1v) is 4.11. The first-order valence-electron chi connectivity index (χ1n) is 4.11. The van der Waals surface area contributed by atoms with Crippen molar-refractivity contribution in [2.24, 2.45) is 0 Å². The SMILES string of the molecule is N#Cc1ccc2cc(C(F)(F)F)[nH]c2c1. The van der Waals surface area contributed by atoms with Crippen LogP contribution in [-0.4, -0.2) is 4.98 Å². The molecule has 2 rings (SSSR count). The molecule has 0 unspecified atom stereocenters. The minimum absolute atomic E-state index is 0.321. The lowest BCUT2D eigenvalue weighted by Crippen LogP contribution is -2.04. The summed E-state index contributed by atoms with van der Waals surface area (Å²) in [6, 6.07) is 7.25. The van der Waals surface area contributed by atoms with Gasteiger partial charge in [0.05, 0.1) is 11.6 Å². The Morgan fingerprint density at radius 3 is 2.53 bits per heavy atom. The number of rotatable bonds is 0. The van der Waals surface area contributed by atoms with Gasteiger partial charge in [0.15, 0.2) is 0 Å². The predicted octanol–water partition coefficient (Wildman–Crippen LogP) is 3.06. The summed E-state index contributed by atoms with van der Waals surface area (Å²) in [5.41, 5.74) is -0.146. The summed E-state index contributed by atoms with van der Waals surface area (Å²) < 4.78 is 36.9. The van der Waals surface area contributed by atoms with E-state index in [9.17, 15) is 13.2 Å². The quantitative estimate of drug-likeness (QED) is 0.713. The molecule has 0 fully saturated rings. The number of H-pyrrole nitrogens is 1. The zero-order valence-electron chi connectivity index (χ0n) is 7.39. The highest BCUT2D eigenvalue weighted by atomic mass is 19.4. The summed E-state index contributed by atoms with van der Waals surface area (Å²) in [5.74, 6) is 0. The molecule has 0 radical (unpaired) electrons. The van der Waals surface area contributed by atoms with Gasteiger partial charge in [-0.25, -0.2) is 0 Å². The van der Waals surface area contributed by atoms with E-state index in [1.807, 2.05) is 6.07 Å². The zero-order valence-corrected chi connectivity index (χ0v) is 7.39. The van der Waals surface area contributed by atoms with E-state index in [1.165, 1.54) is 18.2 Å². The summed E-state index contributed by atoms with van der Waals surface area (Å²) in [7, 11) is 0. The van der Waals surface area contributed by atoms with E-state index in [0.29, 0.717) is 16.5 Å². The molecule has 0 amide bonds. The van der Waals surface area contributed by atoms with Gasteiger partial charge in [-0.05, 0) is 18.2 Å². The molecule has 1 heterocycles. The smallest absolute Gasteiger partial charge is 0.351 e. The van der Waals surface area contributed by atoms with E-state index in [1.54, 1.807) is 0 Å². The van der Waals surface area contributed by atoms with Crippen LogP contribution in [0.25, 0.3) is 10.9 Å². The molecule has 0 saturated carbocycles. The first kappa shape index (κ1) is 9.59. The fraction of sp³-hybridized carbons (Fsp3) is 0.100. The molecular weight excluding hydrogens is 205 g/mol. The van der Waals surface area contributed by atoms with Gasteiger partial charge >= 0.3 is 6.18 Å². The highest BCUT2D eigenvalue weighted by Crippen LogP contribution is 2.31. The normalized spacial score (nSPS) is 11.6. The van der Waals surface area contributed by atoms with Crippen LogP contribution in [0.2, 0.25) is 0 Å². The Bertz CT molecular complexity index is 546. The average Bonchev–Trinajstić information content (AvgIpc) is 2.59. The van der Waals surface area contributed by atoms with E-state index >= 15 is 0 Å². The molecule has 0 bridgehead atoms. The summed E-state index contributed by atoms with van der Waals surface area (Å²) >= 11 is 0. The Hall–Kier alpha value is -1.96. The van der Waals surface area contributed by atoms with Crippen LogP contribution in [0.1, 0.15) is 11.3 Å². The van der Waals surface area contributed by atoms with Gasteiger partial charge < -0.3 is 4.98 Å². The second kappa shape index (κ2) is 3.02. The summed E-state index contributed by atoms with van der Waals surface area (Å²) in [4.78, 5) is 2.23. The van der Waals surface area contributed by atoms with Crippen molar-refractivity contribution in [1.82, 2.24) is 4.98 Å². The standard InChI is InChI=1S/C10H5F3N2/c11-10(12,13)9-4-7-2-1-6(5-14)3-8(7)15-9/h1-4,15H. The van der Waals surface area contributed by atoms with Crippen molar-refractivity contribution in [3.63, 3.8) is 0 Å². The molecule has 1 N–H and O–H groups in total. The molecule has 2 aromatic rings. The zero-order chi connectivity index (χ0) is 11.1. The lowest BCUT2D eigenvalue weighted by Gasteiger charge is -2.00. The molecule has 0 atom stereocenters. The third-order valence-electron chi connectivity index (χ3n) is 2.06. The van der Waals surface area contributed by atoms with Crippen LogP contribution in [0.3, 0.4) is 0 Å². The van der Waals surface area contributed by atoms with Crippen molar-refractivity contribution in [3.8, 4) is 6.07 Å². The van der Waals surface area contributed by atoms with Gasteiger partial charge in [-0.1, -0.05) is 6.07 Å². The van der Waals surface area contributed by atoms with E-state index in [4.69, 9.17) is 5.26 Å². The summed E-state index contributed by atoms with van der Waals surface area (Å²) in [6.45, 7) is 0. The van der Waals surface area contributed by atoms with E-state index in [-0.39, 0.29) is 0 Å². The van der Waals surface area contributed by atoms with Crippen LogP contribution in [0.5, 0.6) is 0 Å². The number of hydrogen-bond acceptors (Lipinski definition) is 1. The lowest BCUT2D eigenvalue weighted by atomic mass is 10.2. The van der Waals surface area contributed by atoms with E-state index in [0.717, 1.165) is 6.07 Å². The van der Waals surface area contributed by atoms with Gasteiger partial charge in [0.1, 0.15) is 5.69 Å². The number of nitriles is 1. The van der Waals surface area contributed by atoms with Crippen molar-refractivity contribution in [3.05, 3.63) is 35.5 Å². The van der Waals surface area contributed by atoms with Gasteiger partial charge in [0, 0.05) is 10.9 Å². The van der Waals surface area contributed by atoms with Crippen molar-refractivity contribution >= 4 is 10.9 Å². The maximum Gasteiger partial charge on any atom is 0.431 e. The fourth-order valence-corrected chi connectivity index (χ4v) is 1.35. The number of halogens is 3. The molecule has 0 aliphatic carbocycles. The second-order valence-corrected chi connectivity index (χ2v) is 3.09. The third kappa shape index (κ3) is 1.66. The molecule has 0 spiro atoms. The number of aromatic nitrogens is 1. The molecular formula is C10H5F3N2. The number of hydrogen-bond donors (Lipinski definition) is 1. The second-order valence-electron chi connectivity index (χ2n) is 3.09. The first-order chi connectivity index (χ1) is 7.00. The highest BCUT2D eigenvalue weighted by molar-refractivity contribution is 5.81. The maximum absolute atomic E-state index is 12.3. The van der Waals surface area contributed by atoms with Crippen LogP contribution in [0.4, 0.5) is 13.2 Å². The van der Waals surface area contributed by atoms with Crippen molar-refractivity contribution in [2.45, 2.75) is 6.18 Å². The van der Waals surface area contributed by atoms with E-state index < -0.39 is 11.9 Å². The van der Waals surface area contributed by atoms with Crippen LogP contribution >= 0.6 is 0 Å². The number of aromatic amines is 1. The lowest BCUT2D eigenvalue weighted by molar-refractivity contribution is -0.140. The third-order valence-corrected chi connectivity index (χ3v) is 2.06. The van der Waals surface area contributed by atoms with Gasteiger partial charge in [0.2, 0.25) is 0 Å². The number of fused-ring (bicyclic) bond motifs is 1. The molecule has 1 aromatic carbocycles. The maximum atomic E-state index is 12.3. The van der Waals surface area contributed by atoms with Crippen molar-refractivity contribution in [2.75, 3.05) is 0 Å². The number of benzene rings is 1. The Kier molecular flexibility index (Phi) is 1.93. The van der Waals surface area contributed by atoms with E-state index in [2.05, 4.69) is 4.98 Å². The molecule has 15 heavy (non-hydrogen) atoms. The molecule has 0 saturated heterocycles. The van der Waals surface area contributed by atoms with Gasteiger partial charge in [-0.15, -0.1) is 0 Å². The van der Waals surface area contributed by atoms with Crippen LogP contribution < -0.4 is 0 Å². The molecule has 5 heteroatoms. The Morgan fingerprint density at radius 2 is 1.93 bits per heavy atom. The summed E-state index contributed by atoms with van der Waals surface area (Å²) in [5, 5.41) is 9.02. The van der Waals surface area contributed by atoms with Crippen LogP contribution in [0.15, 0.2) is 24.3 Å². The summed E-state index contributed by atoms with van der Waals surface area (Å²) in [6.07, 6.45) is -4.38. The van der Waals surface area contributed by atoms with Crippen molar-refractivity contribution < 1.29 is 13.2 Å².